The van der Waals surface area contributed by atoms with Crippen LogP contribution in [-0.2, 0) is 48.1 Å². The van der Waals surface area contributed by atoms with E-state index in [0.717, 1.165) is 74.0 Å². The lowest BCUT2D eigenvalue weighted by Gasteiger charge is -2.16. The Hall–Kier alpha value is -4.30. The summed E-state index contributed by atoms with van der Waals surface area (Å²) < 4.78 is 33.9. The lowest BCUT2D eigenvalue weighted by molar-refractivity contribution is -0.326. The Morgan fingerprint density at radius 2 is 1.20 bits per heavy atom. The average molecular weight is 751 g/mol. The molecule has 0 aliphatic carbocycles. The normalized spacial score (nSPS) is 19.2. The van der Waals surface area contributed by atoms with E-state index in [1.54, 1.807) is 12.2 Å². The van der Waals surface area contributed by atoms with Crippen molar-refractivity contribution in [3.63, 3.8) is 0 Å². The van der Waals surface area contributed by atoms with E-state index in [0.29, 0.717) is 33.0 Å². The van der Waals surface area contributed by atoms with Crippen molar-refractivity contribution in [1.82, 2.24) is 0 Å². The number of hydrogen-bond donors (Lipinski definition) is 0. The van der Waals surface area contributed by atoms with Gasteiger partial charge in [-0.15, -0.1) is 6.58 Å². The number of rotatable bonds is 28. The summed E-state index contributed by atoms with van der Waals surface area (Å²) in [6.07, 6.45) is 15.6. The molecule has 4 unspecified atom stereocenters. The lowest BCUT2D eigenvalue weighted by Crippen LogP contribution is -2.34. The minimum Gasteiger partial charge on any atom is -0.494 e. The standard InChI is InChI=1S/C42H54O12/c1-3-25-50-51-29-12-8-7-10-27-45-35-20-15-33(16-21-35)14-13-30-52-54-38-32-49-41-37(31-48-42(38)41)53-40(44)24-19-34-17-22-36(23-18-34)46-26-9-5-6-11-28-47-39(43)4-2/h3-4,13-24,37-38,41-42H,1-2,5-12,25-32H2/b14-13+,24-19+. The van der Waals surface area contributed by atoms with Crippen molar-refractivity contribution in [2.24, 2.45) is 0 Å². The molecule has 0 spiro atoms. The van der Waals surface area contributed by atoms with Crippen molar-refractivity contribution in [2.45, 2.75) is 75.8 Å². The van der Waals surface area contributed by atoms with Crippen molar-refractivity contribution >= 4 is 24.1 Å². The van der Waals surface area contributed by atoms with E-state index in [1.807, 2.05) is 60.7 Å². The van der Waals surface area contributed by atoms with E-state index < -0.39 is 30.4 Å². The summed E-state index contributed by atoms with van der Waals surface area (Å²) in [7, 11) is 0. The summed E-state index contributed by atoms with van der Waals surface area (Å²) in [6, 6.07) is 15.3. The van der Waals surface area contributed by atoms with Crippen LogP contribution in [-0.4, -0.2) is 89.2 Å². The van der Waals surface area contributed by atoms with E-state index >= 15 is 0 Å². The first kappa shape index (κ1) is 42.4. The molecule has 12 nitrogen and oxygen atoms in total. The molecule has 0 bridgehead atoms. The molecule has 4 atom stereocenters. The van der Waals surface area contributed by atoms with Crippen LogP contribution in [0.2, 0.25) is 0 Å². The van der Waals surface area contributed by atoms with Gasteiger partial charge in [0.25, 0.3) is 0 Å². The Labute approximate surface area is 318 Å². The summed E-state index contributed by atoms with van der Waals surface area (Å²) in [5, 5.41) is 0. The van der Waals surface area contributed by atoms with Gasteiger partial charge in [0.1, 0.15) is 43.0 Å². The smallest absolute Gasteiger partial charge is 0.331 e. The fourth-order valence-corrected chi connectivity index (χ4v) is 5.61. The Balaban J connectivity index is 1.03. The van der Waals surface area contributed by atoms with Gasteiger partial charge in [-0.1, -0.05) is 55.5 Å². The van der Waals surface area contributed by atoms with Gasteiger partial charge in [0.2, 0.25) is 0 Å². The first-order valence-corrected chi connectivity index (χ1v) is 18.7. The minimum absolute atomic E-state index is 0.213. The molecule has 2 aliphatic rings. The predicted molar refractivity (Wildman–Crippen MR) is 202 cm³/mol. The lowest BCUT2D eigenvalue weighted by atomic mass is 10.1. The summed E-state index contributed by atoms with van der Waals surface area (Å²) in [4.78, 5) is 44.5. The van der Waals surface area contributed by atoms with E-state index in [-0.39, 0.29) is 25.8 Å². The van der Waals surface area contributed by atoms with Gasteiger partial charge in [-0.2, -0.15) is 0 Å². The van der Waals surface area contributed by atoms with Crippen LogP contribution in [0.3, 0.4) is 0 Å². The third-order valence-corrected chi connectivity index (χ3v) is 8.45. The molecule has 2 aromatic rings. The van der Waals surface area contributed by atoms with Crippen LogP contribution in [0.25, 0.3) is 12.2 Å². The monoisotopic (exact) mass is 750 g/mol. The van der Waals surface area contributed by atoms with E-state index in [4.69, 9.17) is 48.0 Å². The molecule has 2 saturated heterocycles. The van der Waals surface area contributed by atoms with E-state index in [2.05, 4.69) is 13.2 Å². The second kappa shape index (κ2) is 25.7. The molecule has 0 aromatic heterocycles. The van der Waals surface area contributed by atoms with Crippen LogP contribution in [0.4, 0.5) is 0 Å². The molecule has 4 rings (SSSR count). The molecule has 2 heterocycles. The molecule has 0 amide bonds. The first-order chi connectivity index (χ1) is 26.6. The molecule has 294 valence electrons. The highest BCUT2D eigenvalue weighted by Crippen LogP contribution is 2.31. The van der Waals surface area contributed by atoms with Gasteiger partial charge < -0.3 is 28.4 Å². The van der Waals surface area contributed by atoms with Gasteiger partial charge in [0.05, 0.1) is 39.6 Å². The minimum atomic E-state index is -0.543. The van der Waals surface area contributed by atoms with Gasteiger partial charge in [-0.25, -0.2) is 29.1 Å². The topological polar surface area (TPSA) is 126 Å². The van der Waals surface area contributed by atoms with E-state index in [9.17, 15) is 9.59 Å². The Morgan fingerprint density at radius 1 is 0.630 bits per heavy atom. The number of ether oxygens (including phenoxy) is 6. The highest BCUT2D eigenvalue weighted by atomic mass is 17.2. The fraction of sp³-hybridized carbons (Fsp3) is 0.476. The maximum atomic E-state index is 12.6. The average Bonchev–Trinajstić information content (AvgIpc) is 3.79. The highest BCUT2D eigenvalue weighted by Gasteiger charge is 2.50. The Morgan fingerprint density at radius 3 is 1.83 bits per heavy atom. The third-order valence-electron chi connectivity index (χ3n) is 8.45. The van der Waals surface area contributed by atoms with E-state index in [1.165, 1.54) is 12.2 Å². The predicted octanol–water partition coefficient (Wildman–Crippen LogP) is 7.18. The van der Waals surface area contributed by atoms with Crippen molar-refractivity contribution < 1.29 is 57.6 Å². The summed E-state index contributed by atoms with van der Waals surface area (Å²) >= 11 is 0. The molecule has 54 heavy (non-hydrogen) atoms. The molecular weight excluding hydrogens is 696 g/mol. The molecule has 2 fully saturated rings. The number of carbonyl (C=O) groups is 2. The summed E-state index contributed by atoms with van der Waals surface area (Å²) in [5.41, 5.74) is 1.85. The van der Waals surface area contributed by atoms with Crippen molar-refractivity contribution in [3.8, 4) is 11.5 Å². The first-order valence-electron chi connectivity index (χ1n) is 18.7. The number of benzene rings is 2. The number of esters is 2. The zero-order chi connectivity index (χ0) is 38.1. The molecule has 2 aliphatic heterocycles. The van der Waals surface area contributed by atoms with Crippen molar-refractivity contribution in [2.75, 3.05) is 52.9 Å². The van der Waals surface area contributed by atoms with Gasteiger partial charge in [0, 0.05) is 12.2 Å². The van der Waals surface area contributed by atoms with Gasteiger partial charge in [-0.3, -0.25) is 0 Å². The van der Waals surface area contributed by atoms with Crippen molar-refractivity contribution in [1.29, 1.82) is 0 Å². The number of carbonyl (C=O) groups excluding carboxylic acids is 2. The van der Waals surface area contributed by atoms with Gasteiger partial charge in [-0.05, 0) is 86.4 Å². The Bertz CT molecular complexity index is 1440. The van der Waals surface area contributed by atoms with Crippen LogP contribution in [0, 0.1) is 0 Å². The fourth-order valence-electron chi connectivity index (χ4n) is 5.61. The zero-order valence-corrected chi connectivity index (χ0v) is 31.0. The third kappa shape index (κ3) is 16.4. The van der Waals surface area contributed by atoms with Gasteiger partial charge in [0.15, 0.2) is 6.10 Å². The van der Waals surface area contributed by atoms with Crippen LogP contribution in [0.15, 0.2) is 86.0 Å². The summed E-state index contributed by atoms with van der Waals surface area (Å²) in [6.45, 7) is 10.3. The second-order valence-corrected chi connectivity index (χ2v) is 12.7. The number of fused-ring (bicyclic) bond motifs is 1. The quantitative estimate of drug-likeness (QED) is 0.0218. The van der Waals surface area contributed by atoms with Crippen LogP contribution >= 0.6 is 0 Å². The zero-order valence-electron chi connectivity index (χ0n) is 31.0. The number of hydrogen-bond acceptors (Lipinski definition) is 12. The molecule has 0 saturated carbocycles. The maximum absolute atomic E-state index is 12.6. The molecule has 12 heteroatoms. The number of unbranched alkanes of at least 4 members (excludes halogenated alkanes) is 6. The van der Waals surface area contributed by atoms with Crippen molar-refractivity contribution in [3.05, 3.63) is 97.1 Å². The highest BCUT2D eigenvalue weighted by molar-refractivity contribution is 5.87. The molecule has 2 aromatic carbocycles. The van der Waals surface area contributed by atoms with Crippen LogP contribution in [0.5, 0.6) is 11.5 Å². The SMILES string of the molecule is C=CCOOCCCCCCOc1ccc(/C=C/COOC2COC3C(OC(=O)/C=C/c4ccc(OCCCCCCOC(=O)C=C)cc4)COC23)cc1. The summed E-state index contributed by atoms with van der Waals surface area (Å²) in [5.74, 6) is 0.711. The van der Waals surface area contributed by atoms with Gasteiger partial charge >= 0.3 is 11.9 Å². The molecule has 0 radical (unpaired) electrons. The maximum Gasteiger partial charge on any atom is 0.331 e. The molecular formula is C42H54O12. The largest absolute Gasteiger partial charge is 0.494 e. The molecule has 0 N–H and O–H groups in total. The Kier molecular flexibility index (Phi) is 20.2. The van der Waals surface area contributed by atoms with Crippen LogP contribution < -0.4 is 9.47 Å². The second-order valence-electron chi connectivity index (χ2n) is 12.7. The van der Waals surface area contributed by atoms with Crippen LogP contribution in [0.1, 0.15) is 62.5 Å².